The van der Waals surface area contributed by atoms with E-state index >= 15 is 0 Å². The van der Waals surface area contributed by atoms with Gasteiger partial charge in [-0.2, -0.15) is 10.2 Å². The van der Waals surface area contributed by atoms with Crippen LogP contribution in [0.1, 0.15) is 49.7 Å². The molecule has 1 aliphatic heterocycles. The van der Waals surface area contributed by atoms with E-state index < -0.39 is 0 Å². The Bertz CT molecular complexity index is 457. The van der Waals surface area contributed by atoms with Crippen molar-refractivity contribution < 1.29 is 4.74 Å². The van der Waals surface area contributed by atoms with E-state index in [1.807, 2.05) is 13.2 Å². The van der Waals surface area contributed by atoms with Gasteiger partial charge in [0.05, 0.1) is 30.3 Å². The lowest BCUT2D eigenvalue weighted by Crippen LogP contribution is -2.26. The lowest BCUT2D eigenvalue weighted by Gasteiger charge is -2.25. The van der Waals surface area contributed by atoms with Crippen molar-refractivity contribution in [1.82, 2.24) is 15.5 Å². The van der Waals surface area contributed by atoms with Crippen LogP contribution in [0.15, 0.2) is 17.9 Å². The first-order chi connectivity index (χ1) is 9.26. The Morgan fingerprint density at radius 3 is 2.84 bits per heavy atom. The first kappa shape index (κ1) is 14.0. The van der Waals surface area contributed by atoms with Gasteiger partial charge in [-0.05, 0) is 49.9 Å². The first-order valence-corrected chi connectivity index (χ1v) is 7.13. The number of aryl methyl sites for hydroxylation is 2. The maximum atomic E-state index is 5.50. The van der Waals surface area contributed by atoms with Gasteiger partial charge in [-0.3, -0.25) is 0 Å². The Labute approximate surface area is 115 Å². The highest BCUT2D eigenvalue weighted by Crippen LogP contribution is 2.29. The molecule has 0 saturated heterocycles. The maximum absolute atomic E-state index is 5.50. The van der Waals surface area contributed by atoms with Crippen molar-refractivity contribution in [3.05, 3.63) is 34.9 Å². The number of nitrogens with one attached hydrogen (secondary N) is 1. The molecular weight excluding hydrogens is 238 g/mol. The van der Waals surface area contributed by atoms with Crippen LogP contribution in [0.5, 0.6) is 0 Å². The summed E-state index contributed by atoms with van der Waals surface area (Å²) in [7, 11) is 0. The van der Waals surface area contributed by atoms with Crippen LogP contribution < -0.4 is 5.32 Å². The SMILES string of the molecule is CCNC(C1=COCCC1)c1cc(C)nnc1CC. The fourth-order valence-corrected chi connectivity index (χ4v) is 2.50. The topological polar surface area (TPSA) is 47.0 Å². The van der Waals surface area contributed by atoms with Crippen molar-refractivity contribution in [3.63, 3.8) is 0 Å². The number of aromatic nitrogens is 2. The quantitative estimate of drug-likeness (QED) is 0.885. The lowest BCUT2D eigenvalue weighted by atomic mass is 9.93. The van der Waals surface area contributed by atoms with Crippen molar-refractivity contribution in [2.75, 3.05) is 13.2 Å². The van der Waals surface area contributed by atoms with Gasteiger partial charge in [-0.15, -0.1) is 0 Å². The summed E-state index contributed by atoms with van der Waals surface area (Å²) in [5.41, 5.74) is 4.60. The number of nitrogens with zero attached hydrogens (tertiary/aromatic N) is 2. The van der Waals surface area contributed by atoms with E-state index in [1.54, 1.807) is 0 Å². The summed E-state index contributed by atoms with van der Waals surface area (Å²) in [6.07, 6.45) is 5.00. The van der Waals surface area contributed by atoms with Gasteiger partial charge in [-0.25, -0.2) is 0 Å². The van der Waals surface area contributed by atoms with Crippen LogP contribution in [-0.4, -0.2) is 23.3 Å². The summed E-state index contributed by atoms with van der Waals surface area (Å²) in [6.45, 7) is 8.00. The molecule has 0 saturated carbocycles. The molecule has 1 N–H and O–H groups in total. The highest BCUT2D eigenvalue weighted by molar-refractivity contribution is 5.32. The molecule has 0 aromatic carbocycles. The third kappa shape index (κ3) is 3.32. The summed E-state index contributed by atoms with van der Waals surface area (Å²) in [4.78, 5) is 0. The minimum Gasteiger partial charge on any atom is -0.501 e. The van der Waals surface area contributed by atoms with Gasteiger partial charge in [0, 0.05) is 0 Å². The van der Waals surface area contributed by atoms with Gasteiger partial charge >= 0.3 is 0 Å². The molecule has 2 heterocycles. The standard InChI is InChI=1S/C15H23N3O/c1-4-14-13(9-11(3)17-18-14)15(16-5-2)12-7-6-8-19-10-12/h9-10,15-16H,4-8H2,1-3H3. The van der Waals surface area contributed by atoms with Crippen LogP contribution in [0.4, 0.5) is 0 Å². The third-order valence-corrected chi connectivity index (χ3v) is 3.41. The predicted molar refractivity (Wildman–Crippen MR) is 75.8 cm³/mol. The molecule has 0 amide bonds. The van der Waals surface area contributed by atoms with Gasteiger partial charge < -0.3 is 10.1 Å². The first-order valence-electron chi connectivity index (χ1n) is 7.13. The molecule has 1 atom stereocenters. The summed E-state index contributed by atoms with van der Waals surface area (Å²) in [5, 5.41) is 12.1. The van der Waals surface area contributed by atoms with E-state index in [-0.39, 0.29) is 6.04 Å². The fraction of sp³-hybridized carbons (Fsp3) is 0.600. The number of hydrogen-bond acceptors (Lipinski definition) is 4. The number of likely N-dealkylation sites (N-methyl/N-ethyl adjacent to an activating group) is 1. The number of hydrogen-bond donors (Lipinski definition) is 1. The van der Waals surface area contributed by atoms with Crippen LogP contribution in [0, 0.1) is 6.92 Å². The van der Waals surface area contributed by atoms with E-state index in [1.165, 1.54) is 11.1 Å². The number of rotatable bonds is 5. The van der Waals surface area contributed by atoms with Crippen LogP contribution in [0.25, 0.3) is 0 Å². The Balaban J connectivity index is 2.37. The molecule has 0 radical (unpaired) electrons. The van der Waals surface area contributed by atoms with Crippen LogP contribution in [0.2, 0.25) is 0 Å². The normalized spacial score (nSPS) is 16.7. The average molecular weight is 261 g/mol. The van der Waals surface area contributed by atoms with Crippen molar-refractivity contribution >= 4 is 0 Å². The van der Waals surface area contributed by atoms with Gasteiger partial charge in [0.2, 0.25) is 0 Å². The lowest BCUT2D eigenvalue weighted by molar-refractivity contribution is 0.219. The van der Waals surface area contributed by atoms with Crippen molar-refractivity contribution in [1.29, 1.82) is 0 Å². The maximum Gasteiger partial charge on any atom is 0.0876 e. The van der Waals surface area contributed by atoms with Crippen LogP contribution >= 0.6 is 0 Å². The van der Waals surface area contributed by atoms with E-state index in [0.29, 0.717) is 0 Å². The highest BCUT2D eigenvalue weighted by Gasteiger charge is 2.21. The zero-order valence-corrected chi connectivity index (χ0v) is 12.1. The molecule has 0 bridgehead atoms. The predicted octanol–water partition coefficient (Wildman–Crippen LogP) is 2.69. The van der Waals surface area contributed by atoms with E-state index in [0.717, 1.165) is 43.8 Å². The Morgan fingerprint density at radius 2 is 2.21 bits per heavy atom. The zero-order chi connectivity index (χ0) is 13.7. The molecule has 1 aromatic rings. The molecule has 4 nitrogen and oxygen atoms in total. The van der Waals surface area contributed by atoms with Crippen LogP contribution in [0.3, 0.4) is 0 Å². The molecular formula is C15H23N3O. The second-order valence-electron chi connectivity index (χ2n) is 4.90. The van der Waals surface area contributed by atoms with Gasteiger partial charge in [0.15, 0.2) is 0 Å². The van der Waals surface area contributed by atoms with E-state index in [9.17, 15) is 0 Å². The molecule has 1 aliphatic rings. The Morgan fingerprint density at radius 1 is 1.37 bits per heavy atom. The molecule has 0 fully saturated rings. The van der Waals surface area contributed by atoms with Crippen LogP contribution in [-0.2, 0) is 11.2 Å². The minimum atomic E-state index is 0.203. The molecule has 19 heavy (non-hydrogen) atoms. The largest absolute Gasteiger partial charge is 0.501 e. The summed E-state index contributed by atoms with van der Waals surface area (Å²) < 4.78 is 5.50. The Kier molecular flexibility index (Phi) is 4.91. The molecule has 4 heteroatoms. The fourth-order valence-electron chi connectivity index (χ4n) is 2.50. The van der Waals surface area contributed by atoms with Crippen molar-refractivity contribution in [2.45, 2.75) is 46.1 Å². The number of ether oxygens (including phenoxy) is 1. The second-order valence-corrected chi connectivity index (χ2v) is 4.90. The molecule has 0 spiro atoms. The molecule has 1 aromatic heterocycles. The van der Waals surface area contributed by atoms with Gasteiger partial charge in [0.25, 0.3) is 0 Å². The van der Waals surface area contributed by atoms with Gasteiger partial charge in [0.1, 0.15) is 0 Å². The average Bonchev–Trinajstić information content (AvgIpc) is 2.45. The monoisotopic (exact) mass is 261 g/mol. The highest BCUT2D eigenvalue weighted by atomic mass is 16.5. The molecule has 0 aliphatic carbocycles. The summed E-state index contributed by atoms with van der Waals surface area (Å²) >= 11 is 0. The molecule has 104 valence electrons. The summed E-state index contributed by atoms with van der Waals surface area (Å²) in [5.74, 6) is 0. The van der Waals surface area contributed by atoms with E-state index in [2.05, 4.69) is 35.4 Å². The Hall–Kier alpha value is -1.42. The minimum absolute atomic E-state index is 0.203. The molecule has 1 unspecified atom stereocenters. The third-order valence-electron chi connectivity index (χ3n) is 3.41. The van der Waals surface area contributed by atoms with Gasteiger partial charge in [-0.1, -0.05) is 13.8 Å². The smallest absolute Gasteiger partial charge is 0.0876 e. The van der Waals surface area contributed by atoms with Crippen molar-refractivity contribution in [2.24, 2.45) is 0 Å². The van der Waals surface area contributed by atoms with Crippen molar-refractivity contribution in [3.8, 4) is 0 Å². The second kappa shape index (κ2) is 6.66. The zero-order valence-electron chi connectivity index (χ0n) is 12.1. The molecule has 2 rings (SSSR count). The van der Waals surface area contributed by atoms with E-state index in [4.69, 9.17) is 4.74 Å². The summed E-state index contributed by atoms with van der Waals surface area (Å²) in [6, 6.07) is 2.35.